The second kappa shape index (κ2) is 12.8. The fourth-order valence-electron chi connectivity index (χ4n) is 0.883. The maximum atomic E-state index is 9.60. The zero-order valence-electron chi connectivity index (χ0n) is 12.0. The van der Waals surface area contributed by atoms with Gasteiger partial charge in [0.25, 0.3) is 0 Å². The molecule has 1 aromatic carbocycles. The average molecular weight is 270 g/mol. The van der Waals surface area contributed by atoms with Crippen LogP contribution in [0.4, 0.5) is 0 Å². The van der Waals surface area contributed by atoms with Gasteiger partial charge in [0.15, 0.2) is 0 Å². The van der Waals surface area contributed by atoms with E-state index >= 15 is 0 Å². The molecule has 0 saturated heterocycles. The summed E-state index contributed by atoms with van der Waals surface area (Å²) in [4.78, 5) is 9.60. The molecule has 0 radical (unpaired) electrons. The minimum absolute atomic E-state index is 0.176. The third-order valence-corrected chi connectivity index (χ3v) is 1.97. The van der Waals surface area contributed by atoms with Crippen LogP contribution in [0.2, 0.25) is 0 Å². The Morgan fingerprint density at radius 3 is 1.45 bits per heavy atom. The standard InChI is InChI=1S/C10H10.C4H6O2.C4H6/c1-3-9-7-5-6-8-10(9)4-2;1-3(2)4(5)6;1-3-4-2/h3-8H,1-2H2;1H2,2H3,(H,5,6);3-4H,1-2H2. The van der Waals surface area contributed by atoms with Gasteiger partial charge in [0, 0.05) is 5.57 Å². The largest absolute Gasteiger partial charge is 0.478 e. The maximum absolute atomic E-state index is 9.60. The molecule has 106 valence electrons. The van der Waals surface area contributed by atoms with Gasteiger partial charge >= 0.3 is 5.97 Å². The van der Waals surface area contributed by atoms with E-state index in [9.17, 15) is 4.79 Å². The van der Waals surface area contributed by atoms with E-state index in [0.717, 1.165) is 11.1 Å². The smallest absolute Gasteiger partial charge is 0.330 e. The number of carbonyl (C=O) groups is 1. The van der Waals surface area contributed by atoms with Crippen molar-refractivity contribution >= 4 is 18.1 Å². The number of benzene rings is 1. The van der Waals surface area contributed by atoms with E-state index in [2.05, 4.69) is 32.9 Å². The Morgan fingerprint density at radius 1 is 1.00 bits per heavy atom. The second-order valence-electron chi connectivity index (χ2n) is 3.59. The molecular formula is C18H22O2. The molecule has 1 aromatic rings. The van der Waals surface area contributed by atoms with Crippen molar-refractivity contribution in [2.75, 3.05) is 0 Å². The van der Waals surface area contributed by atoms with E-state index in [1.807, 2.05) is 36.4 Å². The van der Waals surface area contributed by atoms with Gasteiger partial charge in [0.2, 0.25) is 0 Å². The van der Waals surface area contributed by atoms with Crippen molar-refractivity contribution in [3.8, 4) is 0 Å². The predicted molar refractivity (Wildman–Crippen MR) is 89.5 cm³/mol. The molecule has 0 aliphatic rings. The number of allylic oxidation sites excluding steroid dienone is 2. The van der Waals surface area contributed by atoms with Gasteiger partial charge in [0.05, 0.1) is 0 Å². The van der Waals surface area contributed by atoms with Crippen LogP contribution in [0.1, 0.15) is 18.1 Å². The Hall–Kier alpha value is -2.61. The molecule has 0 bridgehead atoms. The first-order chi connectivity index (χ1) is 9.44. The minimum atomic E-state index is -0.935. The van der Waals surface area contributed by atoms with Gasteiger partial charge in [-0.05, 0) is 18.1 Å². The minimum Gasteiger partial charge on any atom is -0.478 e. The Kier molecular flexibility index (Phi) is 12.7. The monoisotopic (exact) mass is 270 g/mol. The van der Waals surface area contributed by atoms with Crippen LogP contribution in [0.3, 0.4) is 0 Å². The van der Waals surface area contributed by atoms with Crippen LogP contribution < -0.4 is 0 Å². The van der Waals surface area contributed by atoms with E-state index in [4.69, 9.17) is 5.11 Å². The van der Waals surface area contributed by atoms with E-state index in [1.54, 1.807) is 12.2 Å². The molecule has 0 atom stereocenters. The maximum Gasteiger partial charge on any atom is 0.330 e. The number of rotatable bonds is 4. The lowest BCUT2D eigenvalue weighted by Gasteiger charge is -1.96. The van der Waals surface area contributed by atoms with Crippen LogP contribution in [0.15, 0.2) is 74.9 Å². The van der Waals surface area contributed by atoms with E-state index < -0.39 is 5.97 Å². The summed E-state index contributed by atoms with van der Waals surface area (Å²) in [6.07, 6.45) is 6.94. The number of hydrogen-bond donors (Lipinski definition) is 1. The molecule has 0 spiro atoms. The average Bonchev–Trinajstić information content (AvgIpc) is 2.47. The van der Waals surface area contributed by atoms with Gasteiger partial charge in [-0.3, -0.25) is 0 Å². The summed E-state index contributed by atoms with van der Waals surface area (Å²) in [5.74, 6) is -0.935. The van der Waals surface area contributed by atoms with Crippen molar-refractivity contribution in [1.29, 1.82) is 0 Å². The van der Waals surface area contributed by atoms with Crippen LogP contribution in [-0.2, 0) is 4.79 Å². The number of hydrogen-bond acceptors (Lipinski definition) is 1. The predicted octanol–water partition coefficient (Wildman–Crippen LogP) is 4.98. The summed E-state index contributed by atoms with van der Waals surface area (Å²) in [5.41, 5.74) is 2.45. The zero-order chi connectivity index (χ0) is 16.0. The summed E-state index contributed by atoms with van der Waals surface area (Å²) in [5, 5.41) is 7.89. The molecule has 2 heteroatoms. The molecule has 0 aliphatic carbocycles. The molecule has 0 saturated carbocycles. The Balaban J connectivity index is 0. The Bertz CT molecular complexity index is 437. The summed E-state index contributed by atoms with van der Waals surface area (Å²) in [6, 6.07) is 8.02. The summed E-state index contributed by atoms with van der Waals surface area (Å²) >= 11 is 0. The fraction of sp³-hybridized carbons (Fsp3) is 0.0556. The first-order valence-corrected chi connectivity index (χ1v) is 5.90. The number of carboxylic acid groups (broad SMARTS) is 1. The van der Waals surface area contributed by atoms with E-state index in [0.29, 0.717) is 0 Å². The summed E-state index contributed by atoms with van der Waals surface area (Å²) < 4.78 is 0. The zero-order valence-corrected chi connectivity index (χ0v) is 12.0. The van der Waals surface area contributed by atoms with Crippen LogP contribution in [0.25, 0.3) is 12.2 Å². The summed E-state index contributed by atoms with van der Waals surface area (Å²) in [6.45, 7) is 18.7. The van der Waals surface area contributed by atoms with Crippen molar-refractivity contribution in [3.05, 3.63) is 86.0 Å². The topological polar surface area (TPSA) is 37.3 Å². The molecule has 2 nitrogen and oxygen atoms in total. The highest BCUT2D eigenvalue weighted by Gasteiger charge is 1.90. The van der Waals surface area contributed by atoms with Gasteiger partial charge in [-0.25, -0.2) is 4.79 Å². The molecule has 0 fully saturated rings. The third-order valence-electron chi connectivity index (χ3n) is 1.97. The molecule has 20 heavy (non-hydrogen) atoms. The lowest BCUT2D eigenvalue weighted by atomic mass is 10.1. The highest BCUT2D eigenvalue weighted by atomic mass is 16.4. The Morgan fingerprint density at radius 2 is 1.30 bits per heavy atom. The van der Waals surface area contributed by atoms with E-state index in [1.165, 1.54) is 6.92 Å². The number of carboxylic acids is 1. The first-order valence-electron chi connectivity index (χ1n) is 5.90. The highest BCUT2D eigenvalue weighted by Crippen LogP contribution is 2.10. The molecule has 1 rings (SSSR count). The van der Waals surface area contributed by atoms with Crippen LogP contribution in [0, 0.1) is 0 Å². The van der Waals surface area contributed by atoms with Crippen molar-refractivity contribution < 1.29 is 9.90 Å². The van der Waals surface area contributed by atoms with Gasteiger partial charge in [-0.2, -0.15) is 0 Å². The number of aliphatic carboxylic acids is 1. The first kappa shape index (κ1) is 19.7. The molecule has 0 heterocycles. The third kappa shape index (κ3) is 10.5. The molecule has 0 aliphatic heterocycles. The lowest BCUT2D eigenvalue weighted by molar-refractivity contribution is -0.132. The molecule has 0 aromatic heterocycles. The Labute approximate surface area is 121 Å². The van der Waals surface area contributed by atoms with Gasteiger partial charge in [0.1, 0.15) is 0 Å². The van der Waals surface area contributed by atoms with Crippen molar-refractivity contribution in [2.45, 2.75) is 6.92 Å². The van der Waals surface area contributed by atoms with Crippen LogP contribution in [0.5, 0.6) is 0 Å². The molecule has 0 amide bonds. The molecule has 0 unspecified atom stereocenters. The quantitative estimate of drug-likeness (QED) is 0.619. The molecular weight excluding hydrogens is 248 g/mol. The lowest BCUT2D eigenvalue weighted by Crippen LogP contribution is -1.92. The van der Waals surface area contributed by atoms with Gasteiger partial charge in [-0.1, -0.05) is 81.5 Å². The highest BCUT2D eigenvalue weighted by molar-refractivity contribution is 5.84. The van der Waals surface area contributed by atoms with Crippen LogP contribution >= 0.6 is 0 Å². The fourth-order valence-corrected chi connectivity index (χ4v) is 0.883. The van der Waals surface area contributed by atoms with E-state index in [-0.39, 0.29) is 5.57 Å². The van der Waals surface area contributed by atoms with Crippen LogP contribution in [-0.4, -0.2) is 11.1 Å². The van der Waals surface area contributed by atoms with Gasteiger partial charge < -0.3 is 5.11 Å². The van der Waals surface area contributed by atoms with Crippen molar-refractivity contribution in [2.24, 2.45) is 0 Å². The van der Waals surface area contributed by atoms with Crippen molar-refractivity contribution in [3.63, 3.8) is 0 Å². The molecule has 1 N–H and O–H groups in total. The van der Waals surface area contributed by atoms with Gasteiger partial charge in [-0.15, -0.1) is 0 Å². The SMILES string of the molecule is C=C(C)C(=O)O.C=CC=C.C=Cc1ccccc1C=C. The van der Waals surface area contributed by atoms with Crippen molar-refractivity contribution in [1.82, 2.24) is 0 Å². The second-order valence-corrected chi connectivity index (χ2v) is 3.59. The summed E-state index contributed by atoms with van der Waals surface area (Å²) in [7, 11) is 0. The normalized spacial score (nSPS) is 7.65.